The second-order valence-electron chi connectivity index (χ2n) is 4.50. The Morgan fingerprint density at radius 2 is 2.33 bits per heavy atom. The maximum absolute atomic E-state index is 12.5. The Bertz CT molecular complexity index is 453. The molecule has 1 N–H and O–H groups in total. The normalized spacial score (nSPS) is 19.9. The third-order valence-corrected chi connectivity index (χ3v) is 4.71. The van der Waals surface area contributed by atoms with Gasteiger partial charge in [-0.15, -0.1) is 0 Å². The lowest BCUT2D eigenvalue weighted by Crippen LogP contribution is -2.47. The van der Waals surface area contributed by atoms with Crippen molar-refractivity contribution in [3.05, 3.63) is 31.8 Å². The molecule has 0 bridgehead atoms. The van der Waals surface area contributed by atoms with Gasteiger partial charge in [-0.3, -0.25) is 4.79 Å². The number of halogens is 2. The fourth-order valence-corrected chi connectivity index (χ4v) is 3.16. The van der Waals surface area contributed by atoms with E-state index in [1.54, 1.807) is 0 Å². The molecule has 1 aliphatic rings. The van der Waals surface area contributed by atoms with Gasteiger partial charge in [-0.25, -0.2) is 0 Å². The molecule has 0 saturated carbocycles. The number of nitrogens with zero attached hydrogens (tertiary/aromatic N) is 1. The van der Waals surface area contributed by atoms with Gasteiger partial charge in [0.25, 0.3) is 5.91 Å². The van der Waals surface area contributed by atoms with Crippen molar-refractivity contribution >= 4 is 44.4 Å². The van der Waals surface area contributed by atoms with E-state index in [1.807, 2.05) is 30.1 Å². The van der Waals surface area contributed by atoms with Crippen molar-refractivity contribution in [2.45, 2.75) is 18.9 Å². The molecule has 18 heavy (non-hydrogen) atoms. The first kappa shape index (κ1) is 14.3. The third kappa shape index (κ3) is 3.24. The number of likely N-dealkylation sites (tertiary alicyclic amines) is 1. The van der Waals surface area contributed by atoms with Gasteiger partial charge in [0.15, 0.2) is 0 Å². The molecular formula is C13H16BrIN2O. The van der Waals surface area contributed by atoms with Crippen molar-refractivity contribution in [1.29, 1.82) is 0 Å². The fourth-order valence-electron chi connectivity index (χ4n) is 2.23. The summed E-state index contributed by atoms with van der Waals surface area (Å²) in [6.45, 7) is 1.66. The van der Waals surface area contributed by atoms with Crippen LogP contribution in [0.25, 0.3) is 0 Å². The number of amides is 1. The molecule has 0 radical (unpaired) electrons. The molecule has 0 aromatic heterocycles. The first-order valence-corrected chi connectivity index (χ1v) is 7.90. The number of carbonyl (C=O) groups excluding carboxylic acids is 1. The zero-order chi connectivity index (χ0) is 13.1. The largest absolute Gasteiger partial charge is 0.337 e. The fraction of sp³-hybridized carbons (Fsp3) is 0.462. The van der Waals surface area contributed by atoms with Gasteiger partial charge in [-0.05, 0) is 60.7 Å². The highest BCUT2D eigenvalue weighted by Crippen LogP contribution is 2.21. The van der Waals surface area contributed by atoms with Gasteiger partial charge in [-0.1, -0.05) is 15.9 Å². The first-order chi connectivity index (χ1) is 8.61. The van der Waals surface area contributed by atoms with Crippen molar-refractivity contribution < 1.29 is 4.79 Å². The van der Waals surface area contributed by atoms with Crippen LogP contribution in [0.15, 0.2) is 22.7 Å². The summed E-state index contributed by atoms with van der Waals surface area (Å²) in [5.74, 6) is 0.139. The number of likely N-dealkylation sites (N-methyl/N-ethyl adjacent to an activating group) is 1. The van der Waals surface area contributed by atoms with E-state index in [0.717, 1.165) is 39.5 Å². The highest BCUT2D eigenvalue weighted by Gasteiger charge is 2.24. The van der Waals surface area contributed by atoms with E-state index in [1.165, 1.54) is 0 Å². The average molecular weight is 423 g/mol. The van der Waals surface area contributed by atoms with Gasteiger partial charge in [0, 0.05) is 27.2 Å². The van der Waals surface area contributed by atoms with Crippen molar-refractivity contribution in [1.82, 2.24) is 10.2 Å². The van der Waals surface area contributed by atoms with Crippen molar-refractivity contribution in [3.8, 4) is 0 Å². The lowest BCUT2D eigenvalue weighted by molar-refractivity contribution is 0.0697. The summed E-state index contributed by atoms with van der Waals surface area (Å²) in [6.07, 6.45) is 2.22. The van der Waals surface area contributed by atoms with Gasteiger partial charge >= 0.3 is 0 Å². The predicted molar refractivity (Wildman–Crippen MR) is 84.8 cm³/mol. The zero-order valence-electron chi connectivity index (χ0n) is 10.2. The molecule has 98 valence electrons. The standard InChI is InChI=1S/C13H16BrIN2O/c1-16-10-3-2-6-17(8-10)13(18)11-7-9(14)4-5-12(11)15/h4-5,7,10,16H,2-3,6,8H2,1H3. The van der Waals surface area contributed by atoms with E-state index >= 15 is 0 Å². The lowest BCUT2D eigenvalue weighted by Gasteiger charge is -2.32. The van der Waals surface area contributed by atoms with E-state index < -0.39 is 0 Å². The number of rotatable bonds is 2. The minimum atomic E-state index is 0.139. The molecule has 1 aromatic rings. The van der Waals surface area contributed by atoms with E-state index in [4.69, 9.17) is 0 Å². The van der Waals surface area contributed by atoms with Crippen LogP contribution in [0.4, 0.5) is 0 Å². The number of carbonyl (C=O) groups is 1. The number of hydrogen-bond acceptors (Lipinski definition) is 2. The summed E-state index contributed by atoms with van der Waals surface area (Å²) in [7, 11) is 1.96. The monoisotopic (exact) mass is 422 g/mol. The first-order valence-electron chi connectivity index (χ1n) is 6.03. The molecule has 1 saturated heterocycles. The Labute approximate surface area is 130 Å². The van der Waals surface area contributed by atoms with Crippen molar-refractivity contribution in [2.24, 2.45) is 0 Å². The van der Waals surface area contributed by atoms with Crippen LogP contribution in [-0.4, -0.2) is 37.0 Å². The van der Waals surface area contributed by atoms with Crippen LogP contribution in [0.3, 0.4) is 0 Å². The average Bonchev–Trinajstić information content (AvgIpc) is 2.41. The molecule has 0 spiro atoms. The molecule has 1 amide bonds. The van der Waals surface area contributed by atoms with Crippen molar-refractivity contribution in [3.63, 3.8) is 0 Å². The van der Waals surface area contributed by atoms with Gasteiger partial charge in [0.2, 0.25) is 0 Å². The summed E-state index contributed by atoms with van der Waals surface area (Å²) in [6, 6.07) is 6.27. The van der Waals surface area contributed by atoms with E-state index in [0.29, 0.717) is 6.04 Å². The summed E-state index contributed by atoms with van der Waals surface area (Å²) in [4.78, 5) is 14.5. The van der Waals surface area contributed by atoms with Crippen LogP contribution < -0.4 is 5.32 Å². The van der Waals surface area contributed by atoms with E-state index in [9.17, 15) is 4.79 Å². The molecule has 2 rings (SSSR count). The Hall–Kier alpha value is -0.140. The van der Waals surface area contributed by atoms with Gasteiger partial charge < -0.3 is 10.2 Å². The molecule has 3 nitrogen and oxygen atoms in total. The quantitative estimate of drug-likeness (QED) is 0.743. The Kier molecular flexibility index (Phi) is 5.03. The third-order valence-electron chi connectivity index (χ3n) is 3.28. The highest BCUT2D eigenvalue weighted by molar-refractivity contribution is 14.1. The summed E-state index contributed by atoms with van der Waals surface area (Å²) in [5, 5.41) is 3.26. The number of nitrogens with one attached hydrogen (secondary N) is 1. The van der Waals surface area contributed by atoms with Crippen LogP contribution >= 0.6 is 38.5 Å². The number of hydrogen-bond donors (Lipinski definition) is 1. The molecule has 1 fully saturated rings. The van der Waals surface area contributed by atoms with Crippen LogP contribution in [0.1, 0.15) is 23.2 Å². The molecule has 1 heterocycles. The Morgan fingerprint density at radius 3 is 3.06 bits per heavy atom. The van der Waals surface area contributed by atoms with Crippen LogP contribution in [0.5, 0.6) is 0 Å². The van der Waals surface area contributed by atoms with Crippen molar-refractivity contribution in [2.75, 3.05) is 20.1 Å². The second-order valence-corrected chi connectivity index (χ2v) is 6.58. The van der Waals surface area contributed by atoms with E-state index in [-0.39, 0.29) is 5.91 Å². The maximum atomic E-state index is 12.5. The Morgan fingerprint density at radius 1 is 1.56 bits per heavy atom. The summed E-state index contributed by atoms with van der Waals surface area (Å²) >= 11 is 5.65. The van der Waals surface area contributed by atoms with Crippen LogP contribution in [-0.2, 0) is 0 Å². The Balaban J connectivity index is 2.17. The molecular weight excluding hydrogens is 407 g/mol. The summed E-state index contributed by atoms with van der Waals surface area (Å²) < 4.78 is 1.96. The number of benzene rings is 1. The molecule has 1 unspecified atom stereocenters. The van der Waals surface area contributed by atoms with Gasteiger partial charge in [0.05, 0.1) is 5.56 Å². The topological polar surface area (TPSA) is 32.3 Å². The van der Waals surface area contributed by atoms with E-state index in [2.05, 4.69) is 43.8 Å². The number of piperidine rings is 1. The predicted octanol–water partition coefficient (Wildman–Crippen LogP) is 2.88. The molecule has 1 aromatic carbocycles. The molecule has 1 aliphatic heterocycles. The summed E-state index contributed by atoms with van der Waals surface area (Å²) in [5.41, 5.74) is 0.793. The van der Waals surface area contributed by atoms with Crippen LogP contribution in [0.2, 0.25) is 0 Å². The maximum Gasteiger partial charge on any atom is 0.255 e. The lowest BCUT2D eigenvalue weighted by atomic mass is 10.0. The zero-order valence-corrected chi connectivity index (χ0v) is 14.0. The second kappa shape index (κ2) is 6.34. The van der Waals surface area contributed by atoms with Gasteiger partial charge in [-0.2, -0.15) is 0 Å². The highest BCUT2D eigenvalue weighted by atomic mass is 127. The minimum absolute atomic E-state index is 0.139. The molecule has 1 atom stereocenters. The minimum Gasteiger partial charge on any atom is -0.337 e. The SMILES string of the molecule is CNC1CCCN(C(=O)c2cc(Br)ccc2I)C1. The van der Waals surface area contributed by atoms with Gasteiger partial charge in [0.1, 0.15) is 0 Å². The van der Waals surface area contributed by atoms with Crippen LogP contribution in [0, 0.1) is 3.57 Å². The molecule has 5 heteroatoms. The smallest absolute Gasteiger partial charge is 0.255 e. The molecule has 0 aliphatic carbocycles.